The van der Waals surface area contributed by atoms with Crippen molar-refractivity contribution in [3.05, 3.63) is 23.5 Å². The molecule has 19 heavy (non-hydrogen) atoms. The Morgan fingerprint density at radius 2 is 1.74 bits per heavy atom. The van der Waals surface area contributed by atoms with Crippen molar-refractivity contribution in [2.75, 3.05) is 11.9 Å². The molecule has 1 aromatic rings. The Labute approximate surface area is 106 Å². The molecule has 1 fully saturated rings. The monoisotopic (exact) mass is 277 g/mol. The molecular weight excluding hydrogens is 266 g/mol. The quantitative estimate of drug-likeness (QED) is 0.636. The summed E-state index contributed by atoms with van der Waals surface area (Å²) in [5.74, 6) is -6.97. The predicted octanol–water partition coefficient (Wildman–Crippen LogP) is 1.72. The van der Waals surface area contributed by atoms with Crippen molar-refractivity contribution in [2.24, 2.45) is 0 Å². The minimum Gasteiger partial charge on any atom is -0.379 e. The summed E-state index contributed by atoms with van der Waals surface area (Å²) in [6, 6.07) is 0.178. The van der Waals surface area contributed by atoms with Gasteiger partial charge in [0, 0.05) is 19.0 Å². The Balaban J connectivity index is 1.93. The molecule has 1 aliphatic carbocycles. The van der Waals surface area contributed by atoms with Gasteiger partial charge in [0.2, 0.25) is 17.5 Å². The molecule has 2 N–H and O–H groups in total. The number of nitrogens with zero attached hydrogens (tertiary/aromatic N) is 1. The highest BCUT2D eigenvalue weighted by Crippen LogP contribution is 2.22. The summed E-state index contributed by atoms with van der Waals surface area (Å²) in [5.41, 5.74) is -0.954. The first-order valence-corrected chi connectivity index (χ1v) is 5.72. The average molecular weight is 277 g/mol. The van der Waals surface area contributed by atoms with Crippen LogP contribution in [-0.2, 0) is 4.79 Å². The first-order valence-electron chi connectivity index (χ1n) is 5.72. The first-order chi connectivity index (χ1) is 8.99. The molecule has 0 bridgehead atoms. The molecule has 104 valence electrons. The highest BCUT2D eigenvalue weighted by Gasteiger charge is 2.23. The Morgan fingerprint density at radius 3 is 2.26 bits per heavy atom. The predicted molar refractivity (Wildman–Crippen MR) is 58.3 cm³/mol. The van der Waals surface area contributed by atoms with Crippen LogP contribution in [0.5, 0.6) is 0 Å². The fourth-order valence-corrected chi connectivity index (χ4v) is 1.47. The van der Waals surface area contributed by atoms with Gasteiger partial charge in [0.25, 0.3) is 11.9 Å². The van der Waals surface area contributed by atoms with Crippen LogP contribution in [0.2, 0.25) is 0 Å². The maximum Gasteiger partial charge on any atom is 0.253 e. The highest BCUT2D eigenvalue weighted by atomic mass is 19.2. The number of rotatable bonds is 5. The lowest BCUT2D eigenvalue weighted by Gasteiger charge is -2.09. The van der Waals surface area contributed by atoms with E-state index in [1.54, 1.807) is 0 Å². The van der Waals surface area contributed by atoms with E-state index in [-0.39, 0.29) is 24.9 Å². The van der Waals surface area contributed by atoms with Gasteiger partial charge in [0.05, 0.1) is 0 Å². The van der Waals surface area contributed by atoms with Crippen LogP contribution in [-0.4, -0.2) is 23.5 Å². The van der Waals surface area contributed by atoms with Crippen LogP contribution in [0.3, 0.4) is 0 Å². The van der Waals surface area contributed by atoms with Crippen LogP contribution >= 0.6 is 0 Å². The van der Waals surface area contributed by atoms with Gasteiger partial charge in [-0.3, -0.25) is 4.79 Å². The van der Waals surface area contributed by atoms with Crippen molar-refractivity contribution in [3.8, 4) is 0 Å². The molecule has 8 heteroatoms. The van der Waals surface area contributed by atoms with Crippen LogP contribution in [0.4, 0.5) is 23.2 Å². The van der Waals surface area contributed by atoms with E-state index in [4.69, 9.17) is 0 Å². The van der Waals surface area contributed by atoms with Crippen LogP contribution in [0, 0.1) is 23.5 Å². The SMILES string of the molecule is O=C(CCNc1c(F)c(F)nc(F)c1F)NC1CC1. The second-order valence-corrected chi connectivity index (χ2v) is 4.21. The Hall–Kier alpha value is -1.86. The van der Waals surface area contributed by atoms with Gasteiger partial charge in [-0.1, -0.05) is 0 Å². The molecule has 0 unspecified atom stereocenters. The summed E-state index contributed by atoms with van der Waals surface area (Å²) < 4.78 is 51.9. The zero-order chi connectivity index (χ0) is 14.0. The van der Waals surface area contributed by atoms with Crippen LogP contribution < -0.4 is 10.6 Å². The van der Waals surface area contributed by atoms with E-state index in [1.165, 1.54) is 0 Å². The van der Waals surface area contributed by atoms with Gasteiger partial charge in [-0.15, -0.1) is 0 Å². The van der Waals surface area contributed by atoms with E-state index in [9.17, 15) is 22.4 Å². The third-order valence-electron chi connectivity index (χ3n) is 2.59. The third-order valence-corrected chi connectivity index (χ3v) is 2.59. The summed E-state index contributed by atoms with van der Waals surface area (Å²) >= 11 is 0. The van der Waals surface area contributed by atoms with Crippen LogP contribution in [0.1, 0.15) is 19.3 Å². The standard InChI is InChI=1S/C11H11F4N3O/c12-7-9(8(13)11(15)18-10(7)14)16-4-3-6(19)17-5-1-2-5/h5H,1-4H2,(H,16,18)(H,17,19). The number of halogens is 4. The van der Waals surface area contributed by atoms with Gasteiger partial charge in [-0.2, -0.15) is 22.5 Å². The largest absolute Gasteiger partial charge is 0.379 e. The van der Waals surface area contributed by atoms with Crippen molar-refractivity contribution in [1.29, 1.82) is 0 Å². The lowest BCUT2D eigenvalue weighted by molar-refractivity contribution is -0.120. The molecule has 1 amide bonds. The number of amides is 1. The zero-order valence-corrected chi connectivity index (χ0v) is 9.77. The molecule has 0 atom stereocenters. The number of pyridine rings is 1. The maximum absolute atomic E-state index is 13.2. The fourth-order valence-electron chi connectivity index (χ4n) is 1.47. The normalized spacial score (nSPS) is 14.3. The lowest BCUT2D eigenvalue weighted by atomic mass is 10.3. The molecule has 0 aliphatic heterocycles. The first kappa shape index (κ1) is 13.6. The van der Waals surface area contributed by atoms with E-state index in [2.05, 4.69) is 15.6 Å². The molecule has 1 saturated carbocycles. The summed E-state index contributed by atoms with van der Waals surface area (Å²) in [6.07, 6.45) is 1.79. The second-order valence-electron chi connectivity index (χ2n) is 4.21. The summed E-state index contributed by atoms with van der Waals surface area (Å²) in [6.45, 7) is -0.144. The van der Waals surface area contributed by atoms with E-state index in [0.717, 1.165) is 12.8 Å². The van der Waals surface area contributed by atoms with Gasteiger partial charge < -0.3 is 10.6 Å². The van der Waals surface area contributed by atoms with Crippen LogP contribution in [0.15, 0.2) is 0 Å². The number of anilines is 1. The topological polar surface area (TPSA) is 54.0 Å². The van der Waals surface area contributed by atoms with E-state index in [0.29, 0.717) is 0 Å². The van der Waals surface area contributed by atoms with E-state index < -0.39 is 29.2 Å². The smallest absolute Gasteiger partial charge is 0.253 e. The molecule has 0 aromatic carbocycles. The highest BCUT2D eigenvalue weighted by molar-refractivity contribution is 5.77. The molecule has 0 radical (unpaired) electrons. The fraction of sp³-hybridized carbons (Fsp3) is 0.455. The van der Waals surface area contributed by atoms with Crippen molar-refractivity contribution < 1.29 is 22.4 Å². The van der Waals surface area contributed by atoms with Crippen LogP contribution in [0.25, 0.3) is 0 Å². The van der Waals surface area contributed by atoms with Crippen molar-refractivity contribution in [2.45, 2.75) is 25.3 Å². The average Bonchev–Trinajstić information content (AvgIpc) is 3.15. The summed E-state index contributed by atoms with van der Waals surface area (Å²) in [4.78, 5) is 13.7. The molecule has 1 aliphatic rings. The molecule has 0 spiro atoms. The Bertz CT molecular complexity index is 479. The van der Waals surface area contributed by atoms with Gasteiger partial charge in [0.15, 0.2) is 0 Å². The number of hydrogen-bond donors (Lipinski definition) is 2. The molecule has 1 heterocycles. The summed E-state index contributed by atoms with van der Waals surface area (Å²) in [7, 11) is 0. The number of nitrogens with one attached hydrogen (secondary N) is 2. The van der Waals surface area contributed by atoms with Gasteiger partial charge >= 0.3 is 0 Å². The van der Waals surface area contributed by atoms with Crippen molar-refractivity contribution in [1.82, 2.24) is 10.3 Å². The molecule has 1 aromatic heterocycles. The third kappa shape index (κ3) is 3.33. The number of aromatic nitrogens is 1. The zero-order valence-electron chi connectivity index (χ0n) is 9.77. The van der Waals surface area contributed by atoms with Gasteiger partial charge in [-0.05, 0) is 12.8 Å². The number of carbonyl (C=O) groups is 1. The minimum atomic E-state index is -1.73. The molecule has 0 saturated heterocycles. The molecular formula is C11H11F4N3O. The lowest BCUT2D eigenvalue weighted by Crippen LogP contribution is -2.27. The van der Waals surface area contributed by atoms with E-state index >= 15 is 0 Å². The van der Waals surface area contributed by atoms with Gasteiger partial charge in [0.1, 0.15) is 5.69 Å². The Kier molecular flexibility index (Phi) is 3.87. The molecule has 4 nitrogen and oxygen atoms in total. The minimum absolute atomic E-state index is 0.0546. The maximum atomic E-state index is 13.2. The van der Waals surface area contributed by atoms with Crippen molar-refractivity contribution in [3.63, 3.8) is 0 Å². The van der Waals surface area contributed by atoms with Gasteiger partial charge in [-0.25, -0.2) is 0 Å². The molecule has 2 rings (SSSR count). The number of hydrogen-bond acceptors (Lipinski definition) is 3. The van der Waals surface area contributed by atoms with E-state index in [1.807, 2.05) is 0 Å². The number of carbonyl (C=O) groups excluding carboxylic acids is 1. The Morgan fingerprint density at radius 1 is 1.16 bits per heavy atom. The second kappa shape index (κ2) is 5.41. The summed E-state index contributed by atoms with van der Waals surface area (Å²) in [5, 5.41) is 4.82. The van der Waals surface area contributed by atoms with Crippen molar-refractivity contribution >= 4 is 11.6 Å².